The summed E-state index contributed by atoms with van der Waals surface area (Å²) in [6.45, 7) is 4.23. The number of carbonyl (C=O) groups is 2. The summed E-state index contributed by atoms with van der Waals surface area (Å²) in [5.41, 5.74) is 0. The van der Waals surface area contributed by atoms with Crippen molar-refractivity contribution in [1.29, 1.82) is 0 Å². The fourth-order valence-corrected chi connectivity index (χ4v) is 1.12. The van der Waals surface area contributed by atoms with Crippen molar-refractivity contribution in [3.8, 4) is 0 Å². The quantitative estimate of drug-likeness (QED) is 0.638. The standard InChI is InChI=1S/C9H18N2O3S/c1-4-7(8(12)13)11-9(14)10-5-6(2)15-3/h6-7H,4-5H2,1-3H3,(H,12,13)(H2,10,11,14)/t6?,7-/m1/s1. The smallest absolute Gasteiger partial charge is 0.326 e. The Labute approximate surface area is 94.0 Å². The molecule has 0 fully saturated rings. The average Bonchev–Trinajstić information content (AvgIpc) is 2.21. The van der Waals surface area contributed by atoms with Crippen molar-refractivity contribution in [2.45, 2.75) is 31.6 Å². The molecule has 0 saturated heterocycles. The van der Waals surface area contributed by atoms with Crippen LogP contribution >= 0.6 is 11.8 Å². The van der Waals surface area contributed by atoms with E-state index in [9.17, 15) is 9.59 Å². The van der Waals surface area contributed by atoms with Crippen LogP contribution in [0.3, 0.4) is 0 Å². The van der Waals surface area contributed by atoms with Crippen molar-refractivity contribution in [2.24, 2.45) is 0 Å². The number of carboxylic acid groups (broad SMARTS) is 1. The summed E-state index contributed by atoms with van der Waals surface area (Å²) in [6, 6.07) is -1.24. The zero-order valence-electron chi connectivity index (χ0n) is 9.24. The predicted octanol–water partition coefficient (Wildman–Crippen LogP) is 0.900. The van der Waals surface area contributed by atoms with Gasteiger partial charge in [-0.05, 0) is 12.7 Å². The van der Waals surface area contributed by atoms with Gasteiger partial charge in [-0.2, -0.15) is 11.8 Å². The Balaban J connectivity index is 3.86. The normalized spacial score (nSPS) is 14.1. The van der Waals surface area contributed by atoms with Crippen LogP contribution in [0.1, 0.15) is 20.3 Å². The lowest BCUT2D eigenvalue weighted by molar-refractivity contribution is -0.139. The molecule has 0 aliphatic heterocycles. The fraction of sp³-hybridized carbons (Fsp3) is 0.778. The summed E-state index contributed by atoms with van der Waals surface area (Å²) in [5.74, 6) is -1.01. The van der Waals surface area contributed by atoms with Crippen molar-refractivity contribution < 1.29 is 14.7 Å². The molecule has 0 aromatic carbocycles. The van der Waals surface area contributed by atoms with E-state index in [1.165, 1.54) is 0 Å². The second kappa shape index (κ2) is 7.39. The third-order valence-electron chi connectivity index (χ3n) is 1.96. The van der Waals surface area contributed by atoms with E-state index in [1.54, 1.807) is 18.7 Å². The molecule has 1 unspecified atom stereocenters. The number of carboxylic acids is 1. The zero-order valence-corrected chi connectivity index (χ0v) is 10.1. The molecule has 0 heterocycles. The van der Waals surface area contributed by atoms with E-state index in [1.807, 2.05) is 13.2 Å². The molecule has 15 heavy (non-hydrogen) atoms. The molecule has 0 spiro atoms. The molecule has 0 aliphatic rings. The van der Waals surface area contributed by atoms with Crippen LogP contribution in [0.25, 0.3) is 0 Å². The third kappa shape index (κ3) is 6.22. The van der Waals surface area contributed by atoms with Crippen LogP contribution in [0.2, 0.25) is 0 Å². The van der Waals surface area contributed by atoms with Crippen LogP contribution in [-0.2, 0) is 4.79 Å². The van der Waals surface area contributed by atoms with Crippen LogP contribution < -0.4 is 10.6 Å². The number of nitrogens with one attached hydrogen (secondary N) is 2. The van der Waals surface area contributed by atoms with Gasteiger partial charge in [0.15, 0.2) is 0 Å². The van der Waals surface area contributed by atoms with Crippen LogP contribution in [-0.4, -0.2) is 41.2 Å². The summed E-state index contributed by atoms with van der Waals surface area (Å²) in [4.78, 5) is 21.9. The maximum atomic E-state index is 11.2. The highest BCUT2D eigenvalue weighted by Gasteiger charge is 2.17. The first-order valence-electron chi connectivity index (χ1n) is 4.81. The molecular formula is C9H18N2O3S. The lowest BCUT2D eigenvalue weighted by Gasteiger charge is -2.14. The summed E-state index contributed by atoms with van der Waals surface area (Å²) in [6.07, 6.45) is 2.33. The largest absolute Gasteiger partial charge is 0.480 e. The van der Waals surface area contributed by atoms with Crippen molar-refractivity contribution in [2.75, 3.05) is 12.8 Å². The Bertz CT molecular complexity index is 223. The van der Waals surface area contributed by atoms with Crippen LogP contribution in [0.15, 0.2) is 0 Å². The van der Waals surface area contributed by atoms with E-state index in [-0.39, 0.29) is 0 Å². The Kier molecular flexibility index (Phi) is 6.94. The molecule has 0 aromatic heterocycles. The third-order valence-corrected chi connectivity index (χ3v) is 2.94. The molecule has 2 atom stereocenters. The molecule has 0 radical (unpaired) electrons. The number of hydrogen-bond acceptors (Lipinski definition) is 3. The Morgan fingerprint density at radius 2 is 2.07 bits per heavy atom. The SMILES string of the molecule is CC[C@@H](NC(=O)NCC(C)SC)C(=O)O. The minimum absolute atomic E-state index is 0.320. The van der Waals surface area contributed by atoms with Crippen molar-refractivity contribution in [1.82, 2.24) is 10.6 Å². The summed E-state index contributed by atoms with van der Waals surface area (Å²) < 4.78 is 0. The number of thioether (sulfide) groups is 1. The Morgan fingerprint density at radius 1 is 1.47 bits per heavy atom. The molecular weight excluding hydrogens is 216 g/mol. The molecule has 6 heteroatoms. The van der Waals surface area contributed by atoms with Crippen molar-refractivity contribution >= 4 is 23.8 Å². The van der Waals surface area contributed by atoms with Crippen LogP contribution in [0.5, 0.6) is 0 Å². The molecule has 5 nitrogen and oxygen atoms in total. The second-order valence-corrected chi connectivity index (χ2v) is 4.48. The highest BCUT2D eigenvalue weighted by atomic mass is 32.2. The molecule has 0 bridgehead atoms. The second-order valence-electron chi connectivity index (χ2n) is 3.20. The van der Waals surface area contributed by atoms with Gasteiger partial charge in [-0.3, -0.25) is 0 Å². The Morgan fingerprint density at radius 3 is 2.47 bits per heavy atom. The number of aliphatic carboxylic acids is 1. The molecule has 3 N–H and O–H groups in total. The Hall–Kier alpha value is -0.910. The number of hydrogen-bond donors (Lipinski definition) is 3. The summed E-state index contributed by atoms with van der Waals surface area (Å²) >= 11 is 1.64. The van der Waals surface area contributed by atoms with Gasteiger partial charge in [0, 0.05) is 11.8 Å². The predicted molar refractivity (Wildman–Crippen MR) is 61.2 cm³/mol. The highest BCUT2D eigenvalue weighted by Crippen LogP contribution is 2.02. The molecule has 2 amide bonds. The van der Waals surface area contributed by atoms with Gasteiger partial charge < -0.3 is 15.7 Å². The maximum Gasteiger partial charge on any atom is 0.326 e. The minimum atomic E-state index is -1.01. The van der Waals surface area contributed by atoms with Gasteiger partial charge in [0.2, 0.25) is 0 Å². The van der Waals surface area contributed by atoms with E-state index >= 15 is 0 Å². The van der Waals surface area contributed by atoms with Gasteiger partial charge in [0.1, 0.15) is 6.04 Å². The summed E-state index contributed by atoms with van der Waals surface area (Å²) in [7, 11) is 0. The van der Waals surface area contributed by atoms with Gasteiger partial charge in [-0.25, -0.2) is 9.59 Å². The van der Waals surface area contributed by atoms with Gasteiger partial charge in [-0.1, -0.05) is 13.8 Å². The first kappa shape index (κ1) is 14.1. The van der Waals surface area contributed by atoms with E-state index in [4.69, 9.17) is 5.11 Å². The van der Waals surface area contributed by atoms with Crippen LogP contribution in [0, 0.1) is 0 Å². The van der Waals surface area contributed by atoms with Gasteiger partial charge in [0.05, 0.1) is 0 Å². The lowest BCUT2D eigenvalue weighted by atomic mass is 10.2. The minimum Gasteiger partial charge on any atom is -0.480 e. The van der Waals surface area contributed by atoms with Crippen molar-refractivity contribution in [3.05, 3.63) is 0 Å². The molecule has 0 aromatic rings. The number of carbonyl (C=O) groups excluding carboxylic acids is 1. The zero-order chi connectivity index (χ0) is 11.8. The maximum absolute atomic E-state index is 11.2. The molecule has 0 saturated carbocycles. The summed E-state index contributed by atoms with van der Waals surface area (Å²) in [5, 5.41) is 14.0. The van der Waals surface area contributed by atoms with Gasteiger partial charge in [0.25, 0.3) is 0 Å². The number of rotatable bonds is 6. The van der Waals surface area contributed by atoms with E-state index in [0.717, 1.165) is 0 Å². The van der Waals surface area contributed by atoms with E-state index in [0.29, 0.717) is 18.2 Å². The molecule has 88 valence electrons. The highest BCUT2D eigenvalue weighted by molar-refractivity contribution is 7.99. The van der Waals surface area contributed by atoms with E-state index in [2.05, 4.69) is 10.6 Å². The van der Waals surface area contributed by atoms with Crippen LogP contribution in [0.4, 0.5) is 4.79 Å². The van der Waals surface area contributed by atoms with E-state index < -0.39 is 18.0 Å². The molecule has 0 rings (SSSR count). The average molecular weight is 234 g/mol. The lowest BCUT2D eigenvalue weighted by Crippen LogP contribution is -2.46. The van der Waals surface area contributed by atoms with Gasteiger partial charge >= 0.3 is 12.0 Å². The molecule has 0 aliphatic carbocycles. The number of amides is 2. The van der Waals surface area contributed by atoms with Gasteiger partial charge in [-0.15, -0.1) is 0 Å². The van der Waals surface area contributed by atoms with Crippen molar-refractivity contribution in [3.63, 3.8) is 0 Å². The fourth-order valence-electron chi connectivity index (χ4n) is 0.867. The number of urea groups is 1. The first-order chi connectivity index (χ1) is 7.01. The first-order valence-corrected chi connectivity index (χ1v) is 6.10. The topological polar surface area (TPSA) is 78.4 Å². The monoisotopic (exact) mass is 234 g/mol.